The Morgan fingerprint density at radius 3 is 2.11 bits per heavy atom. The molecule has 1 aliphatic carbocycles. The number of carboxylic acid groups (broad SMARTS) is 2. The number of nitrogens with zero attached hydrogens (tertiary/aromatic N) is 4. The number of aryl methyl sites for hydroxylation is 1. The molecule has 0 aromatic carbocycles. The Morgan fingerprint density at radius 1 is 1.08 bits per heavy atom. The number of aliphatic carboxylic acids is 2. The average molecular weight is 559 g/mol. The van der Waals surface area contributed by atoms with Crippen LogP contribution in [0.15, 0.2) is 11.6 Å². The van der Waals surface area contributed by atoms with Gasteiger partial charge < -0.3 is 20.1 Å². The minimum atomic E-state index is -5.08. The van der Waals surface area contributed by atoms with Gasteiger partial charge >= 0.3 is 24.3 Å². The van der Waals surface area contributed by atoms with E-state index in [-0.39, 0.29) is 11.8 Å². The van der Waals surface area contributed by atoms with E-state index in [0.717, 1.165) is 61.2 Å². The van der Waals surface area contributed by atoms with Crippen molar-refractivity contribution in [3.63, 3.8) is 0 Å². The largest absolute Gasteiger partial charge is 0.490 e. The van der Waals surface area contributed by atoms with Gasteiger partial charge in [-0.1, -0.05) is 0 Å². The molecule has 0 radical (unpaired) electrons. The molecule has 3 N–H and O–H groups in total. The van der Waals surface area contributed by atoms with E-state index in [2.05, 4.69) is 30.1 Å². The molecule has 37 heavy (non-hydrogen) atoms. The van der Waals surface area contributed by atoms with Crippen LogP contribution in [0.4, 0.5) is 26.3 Å². The number of aromatic nitrogens is 3. The molecule has 0 bridgehead atoms. The number of hydrogen-bond acceptors (Lipinski definition) is 7. The van der Waals surface area contributed by atoms with Gasteiger partial charge in [-0.05, 0) is 19.8 Å². The van der Waals surface area contributed by atoms with Crippen LogP contribution < -0.4 is 5.32 Å². The Bertz CT molecular complexity index is 1070. The van der Waals surface area contributed by atoms with Crippen LogP contribution in [0.25, 0.3) is 0 Å². The van der Waals surface area contributed by atoms with Crippen molar-refractivity contribution in [2.75, 3.05) is 6.54 Å². The van der Waals surface area contributed by atoms with Crippen molar-refractivity contribution in [3.05, 3.63) is 33.8 Å². The molecule has 2 aromatic rings. The van der Waals surface area contributed by atoms with Crippen molar-refractivity contribution in [1.82, 2.24) is 24.8 Å². The van der Waals surface area contributed by atoms with Crippen molar-refractivity contribution in [2.45, 2.75) is 58.3 Å². The van der Waals surface area contributed by atoms with Crippen LogP contribution in [-0.4, -0.2) is 66.4 Å². The molecule has 2 aromatic heterocycles. The zero-order valence-electron chi connectivity index (χ0n) is 19.3. The molecule has 1 aliphatic heterocycles. The lowest BCUT2D eigenvalue weighted by Crippen LogP contribution is -2.35. The maximum atomic E-state index is 11.8. The molecule has 4 rings (SSSR count). The van der Waals surface area contributed by atoms with E-state index in [1.807, 2.05) is 13.1 Å². The minimum Gasteiger partial charge on any atom is -0.475 e. The fourth-order valence-electron chi connectivity index (χ4n) is 3.03. The number of carboxylic acids is 2. The SMILES string of the molecule is Cc1nc(CN2CCn3c(CNC(=O)C4CC4)cnc3C2)cs1.O=C(O)C(F)(F)F.O=C(O)C(F)(F)F. The number of carbonyl (C=O) groups excluding carboxylic acids is 1. The van der Waals surface area contributed by atoms with Gasteiger partial charge in [0, 0.05) is 30.9 Å². The topological polar surface area (TPSA) is 138 Å². The third kappa shape index (κ3) is 9.99. The number of carbonyl (C=O) groups is 3. The Labute approximate surface area is 209 Å². The summed E-state index contributed by atoms with van der Waals surface area (Å²) in [6.45, 7) is 6.27. The van der Waals surface area contributed by atoms with E-state index in [1.165, 1.54) is 0 Å². The zero-order chi connectivity index (χ0) is 28.0. The molecule has 0 saturated heterocycles. The first-order valence-electron chi connectivity index (χ1n) is 10.6. The quantitative estimate of drug-likeness (QED) is 0.476. The molecule has 3 heterocycles. The summed E-state index contributed by atoms with van der Waals surface area (Å²) in [7, 11) is 0. The highest BCUT2D eigenvalue weighted by Crippen LogP contribution is 2.29. The van der Waals surface area contributed by atoms with E-state index in [9.17, 15) is 31.1 Å². The molecular weight excluding hydrogens is 536 g/mol. The van der Waals surface area contributed by atoms with Gasteiger partial charge in [-0.2, -0.15) is 26.3 Å². The second kappa shape index (κ2) is 12.4. The van der Waals surface area contributed by atoms with E-state index >= 15 is 0 Å². The standard InChI is InChI=1S/C16H21N5OS.2C2HF3O2/c1-11-19-13(10-23-11)8-20-4-5-21-14(6-17-15(21)9-20)7-18-16(22)12-2-3-12;2*3-2(4,5)1(6)7/h6,10,12H,2-5,7-9H2,1H3,(H,18,22);2*(H,6,7). The van der Waals surface area contributed by atoms with Crippen molar-refractivity contribution >= 4 is 29.2 Å². The normalized spacial score (nSPS) is 15.4. The smallest absolute Gasteiger partial charge is 0.475 e. The molecule has 1 fully saturated rings. The highest BCUT2D eigenvalue weighted by atomic mass is 32.1. The van der Waals surface area contributed by atoms with Crippen LogP contribution in [-0.2, 0) is 40.6 Å². The number of amides is 1. The lowest BCUT2D eigenvalue weighted by Gasteiger charge is -2.27. The summed E-state index contributed by atoms with van der Waals surface area (Å²) in [5, 5.41) is 20.5. The van der Waals surface area contributed by atoms with E-state index in [0.29, 0.717) is 6.54 Å². The summed E-state index contributed by atoms with van der Waals surface area (Å²) in [6.07, 6.45) is -6.18. The predicted molar refractivity (Wildman–Crippen MR) is 115 cm³/mol. The first-order valence-corrected chi connectivity index (χ1v) is 11.5. The first-order chi connectivity index (χ1) is 17.1. The lowest BCUT2D eigenvalue weighted by molar-refractivity contribution is -0.193. The highest BCUT2D eigenvalue weighted by molar-refractivity contribution is 7.09. The number of nitrogens with one attached hydrogen (secondary N) is 1. The van der Waals surface area contributed by atoms with E-state index < -0.39 is 24.3 Å². The third-order valence-electron chi connectivity index (χ3n) is 4.95. The fraction of sp³-hybridized carbons (Fsp3) is 0.550. The van der Waals surface area contributed by atoms with Gasteiger partial charge in [0.1, 0.15) is 5.82 Å². The van der Waals surface area contributed by atoms with E-state index in [1.54, 1.807) is 11.3 Å². The summed E-state index contributed by atoms with van der Waals surface area (Å²) in [5.74, 6) is -3.98. The number of thiazole rings is 1. The molecule has 206 valence electrons. The average Bonchev–Trinajstić information content (AvgIpc) is 3.45. The van der Waals surface area contributed by atoms with Gasteiger partial charge in [0.25, 0.3) is 0 Å². The molecular formula is C20H23F6N5O5S. The Morgan fingerprint density at radius 2 is 1.65 bits per heavy atom. The Kier molecular flexibility index (Phi) is 10.0. The monoisotopic (exact) mass is 559 g/mol. The molecule has 1 saturated carbocycles. The Balaban J connectivity index is 0.000000286. The molecule has 17 heteroatoms. The summed E-state index contributed by atoms with van der Waals surface area (Å²) in [4.78, 5) is 41.0. The van der Waals surface area contributed by atoms with Crippen LogP contribution in [0.5, 0.6) is 0 Å². The van der Waals surface area contributed by atoms with Crippen LogP contribution >= 0.6 is 11.3 Å². The molecule has 0 unspecified atom stereocenters. The molecule has 10 nitrogen and oxygen atoms in total. The maximum absolute atomic E-state index is 11.8. The Hall–Kier alpha value is -3.21. The summed E-state index contributed by atoms with van der Waals surface area (Å²) >= 11 is 1.70. The first kappa shape index (κ1) is 30.0. The van der Waals surface area contributed by atoms with Crippen molar-refractivity contribution in [3.8, 4) is 0 Å². The van der Waals surface area contributed by atoms with Crippen LogP contribution in [0.3, 0.4) is 0 Å². The highest BCUT2D eigenvalue weighted by Gasteiger charge is 2.39. The van der Waals surface area contributed by atoms with Crippen LogP contribution in [0, 0.1) is 12.8 Å². The minimum absolute atomic E-state index is 0.192. The number of fused-ring (bicyclic) bond motifs is 1. The number of halogens is 6. The fourth-order valence-corrected chi connectivity index (χ4v) is 3.63. The zero-order valence-corrected chi connectivity index (χ0v) is 20.1. The van der Waals surface area contributed by atoms with Crippen LogP contribution in [0.1, 0.15) is 35.1 Å². The number of rotatable bonds is 5. The van der Waals surface area contributed by atoms with Crippen molar-refractivity contribution in [1.29, 1.82) is 0 Å². The van der Waals surface area contributed by atoms with E-state index in [4.69, 9.17) is 19.8 Å². The molecule has 0 atom stereocenters. The maximum Gasteiger partial charge on any atom is 0.490 e. The second-order valence-corrected chi connectivity index (χ2v) is 9.05. The summed E-state index contributed by atoms with van der Waals surface area (Å²) in [5.41, 5.74) is 2.25. The molecule has 1 amide bonds. The van der Waals surface area contributed by atoms with Crippen molar-refractivity contribution in [2.24, 2.45) is 5.92 Å². The lowest BCUT2D eigenvalue weighted by atomic mass is 10.3. The van der Waals surface area contributed by atoms with Gasteiger partial charge in [0.05, 0.1) is 35.7 Å². The van der Waals surface area contributed by atoms with Crippen LogP contribution in [0.2, 0.25) is 0 Å². The van der Waals surface area contributed by atoms with Gasteiger partial charge in [-0.25, -0.2) is 19.6 Å². The molecule has 2 aliphatic rings. The van der Waals surface area contributed by atoms with Gasteiger partial charge in [0.2, 0.25) is 5.91 Å². The van der Waals surface area contributed by atoms with Gasteiger partial charge in [-0.3, -0.25) is 9.69 Å². The van der Waals surface area contributed by atoms with Crippen molar-refractivity contribution < 1.29 is 50.9 Å². The number of imidazole rings is 1. The molecule has 0 spiro atoms. The predicted octanol–water partition coefficient (Wildman–Crippen LogP) is 2.96. The van der Waals surface area contributed by atoms with Gasteiger partial charge in [-0.15, -0.1) is 11.3 Å². The summed E-state index contributed by atoms with van der Waals surface area (Å²) < 4.78 is 65.7. The van der Waals surface area contributed by atoms with Gasteiger partial charge in [0.15, 0.2) is 0 Å². The number of alkyl halides is 6. The second-order valence-electron chi connectivity index (χ2n) is 7.98. The number of hydrogen-bond donors (Lipinski definition) is 3. The summed E-state index contributed by atoms with van der Waals surface area (Å²) in [6, 6.07) is 0. The third-order valence-corrected chi connectivity index (χ3v) is 5.78.